The summed E-state index contributed by atoms with van der Waals surface area (Å²) in [4.78, 5) is 45.4. The molecule has 0 spiro atoms. The molecule has 0 aliphatic carbocycles. The third-order valence-electron chi connectivity index (χ3n) is 4.33. The van der Waals surface area contributed by atoms with E-state index in [0.29, 0.717) is 0 Å². The first-order valence-corrected chi connectivity index (χ1v) is 14.3. The van der Waals surface area contributed by atoms with Gasteiger partial charge in [0.25, 0.3) is 0 Å². The van der Waals surface area contributed by atoms with Gasteiger partial charge in [0.05, 0.1) is 20.4 Å². The molecule has 16 nitrogen and oxygen atoms in total. The number of alkyl halides is 2. The SMILES string of the molecule is [B-][P@@](=O)(OC[C@H]1O[C@@H](n2cnc3c(N)nc(Cl)nc32)[C@H](O)[C@@H]1O)OP(=O)([O-])C(Cl)(Cl)P(=O)([O-])[O-].[Na+].[Na+].[Na+].[Na+]. The summed E-state index contributed by atoms with van der Waals surface area (Å²) in [7, 11) is -12.5. The van der Waals surface area contributed by atoms with Crippen LogP contribution in [0.1, 0.15) is 6.23 Å². The molecule has 0 saturated carbocycles. The second kappa shape index (κ2) is 16.3. The molecule has 27 heteroatoms. The number of rotatable bonds is 8. The van der Waals surface area contributed by atoms with Gasteiger partial charge in [-0.3, -0.25) is 8.88 Å². The van der Waals surface area contributed by atoms with Gasteiger partial charge in [-0.1, -0.05) is 23.2 Å². The van der Waals surface area contributed by atoms with Crippen LogP contribution in [0.5, 0.6) is 0 Å². The van der Waals surface area contributed by atoms with Gasteiger partial charge in [-0.25, -0.2) is 4.98 Å². The third kappa shape index (κ3) is 9.58. The first-order valence-electron chi connectivity index (χ1n) is 8.51. The average Bonchev–Trinajstić information content (AvgIpc) is 3.20. The van der Waals surface area contributed by atoms with E-state index in [1.54, 1.807) is 0 Å². The Morgan fingerprint density at radius 3 is 2.21 bits per heavy atom. The Bertz CT molecular complexity index is 1260. The molecule has 3 radical (unpaired) electrons. The van der Waals surface area contributed by atoms with Crippen LogP contribution < -0.4 is 139 Å². The predicted molar refractivity (Wildman–Crippen MR) is 111 cm³/mol. The molecule has 3 rings (SSSR count). The summed E-state index contributed by atoms with van der Waals surface area (Å²) in [6.45, 7) is -0.961. The summed E-state index contributed by atoms with van der Waals surface area (Å²) in [6, 6.07) is 0. The molecule has 4 N–H and O–H groups in total. The number of fused-ring (bicyclic) bond motifs is 1. The largest absolute Gasteiger partial charge is 1.00 e. The Morgan fingerprint density at radius 1 is 1.13 bits per heavy atom. The molecular formula is C11H11BCl3N5Na4O11P3. The van der Waals surface area contributed by atoms with Crippen molar-refractivity contribution in [3.63, 3.8) is 0 Å². The van der Waals surface area contributed by atoms with Gasteiger partial charge >= 0.3 is 118 Å². The van der Waals surface area contributed by atoms with Crippen LogP contribution in [0.4, 0.5) is 5.82 Å². The number of aromatic nitrogens is 4. The standard InChI is InChI=1S/C11H14BCl3N5O11P3.4Na/c12-34(28,31-33(26,27)11(14,15)32(23,24)25)29-1-3-5(21)6(22)9(30-3)20-2-17-4-7(16)18-10(13)19-8(4)20;;;;/h2-3,5-6,9,21-22H,1H2,(H,26,27)(H2,16,18,19)(H2,23,24,25);;;;/q-1;4*+1/p-3/t3-,5-,6-,9-,34-;;;;/m1..../s1. The number of halogens is 3. The van der Waals surface area contributed by atoms with Crippen molar-refractivity contribution < 1.29 is 170 Å². The Kier molecular flexibility index (Phi) is 18.8. The summed E-state index contributed by atoms with van der Waals surface area (Å²) in [5.74, 6) is -0.0831. The minimum atomic E-state index is -6.23. The zero-order valence-electron chi connectivity index (χ0n) is 20.1. The normalized spacial score (nSPS) is 24.7. The summed E-state index contributed by atoms with van der Waals surface area (Å²) in [6.07, 6.45) is -5.10. The van der Waals surface area contributed by atoms with Gasteiger partial charge < -0.3 is 61.1 Å². The van der Waals surface area contributed by atoms with Crippen LogP contribution in [-0.4, -0.2) is 66.0 Å². The van der Waals surface area contributed by atoms with Gasteiger partial charge in [-0.05, 0) is 19.2 Å². The number of nitrogens with two attached hydrogens (primary N) is 1. The third-order valence-corrected chi connectivity index (χ3v) is 12.1. The van der Waals surface area contributed by atoms with Crippen molar-refractivity contribution >= 4 is 82.0 Å². The fourth-order valence-electron chi connectivity index (χ4n) is 2.74. The molecule has 38 heavy (non-hydrogen) atoms. The Hall–Kier alpha value is 3.65. The van der Waals surface area contributed by atoms with Crippen LogP contribution in [0.2, 0.25) is 5.28 Å². The molecule has 1 unspecified atom stereocenters. The molecule has 2 aromatic rings. The van der Waals surface area contributed by atoms with Crippen LogP contribution in [0.15, 0.2) is 6.33 Å². The maximum Gasteiger partial charge on any atom is 1.00 e. The van der Waals surface area contributed by atoms with E-state index >= 15 is 0 Å². The minimum absolute atomic E-state index is 0. The second-order valence-corrected chi connectivity index (χ2v) is 15.1. The molecule has 1 fully saturated rings. The number of aliphatic hydroxyl groups is 2. The molecule has 0 amide bonds. The van der Waals surface area contributed by atoms with Gasteiger partial charge in [0.15, 0.2) is 25.3 Å². The molecule has 189 valence electrons. The van der Waals surface area contributed by atoms with Gasteiger partial charge in [0.1, 0.15) is 23.8 Å². The van der Waals surface area contributed by atoms with Crippen molar-refractivity contribution in [2.45, 2.75) is 28.4 Å². The quantitative estimate of drug-likeness (QED) is 0.101. The molecule has 2 aromatic heterocycles. The number of imidazole rings is 1. The van der Waals surface area contributed by atoms with E-state index < -0.39 is 57.6 Å². The number of nitrogen functional groups attached to an aromatic ring is 1. The molecule has 0 bridgehead atoms. The summed E-state index contributed by atoms with van der Waals surface area (Å²) >= 11 is 15.8. The van der Waals surface area contributed by atoms with Crippen molar-refractivity contribution in [2.75, 3.05) is 12.3 Å². The van der Waals surface area contributed by atoms with Crippen LogP contribution in [0.25, 0.3) is 11.2 Å². The average molecular weight is 691 g/mol. The molecular weight excluding hydrogens is 680 g/mol. The molecule has 1 aliphatic rings. The monoisotopic (exact) mass is 690 g/mol. The van der Waals surface area contributed by atoms with Crippen molar-refractivity contribution in [3.8, 4) is 0 Å². The summed E-state index contributed by atoms with van der Waals surface area (Å²) in [5.41, 5.74) is 5.82. The Morgan fingerprint density at radius 2 is 1.68 bits per heavy atom. The van der Waals surface area contributed by atoms with Gasteiger partial charge in [0, 0.05) is 0 Å². The van der Waals surface area contributed by atoms with E-state index in [9.17, 15) is 38.6 Å². The summed E-state index contributed by atoms with van der Waals surface area (Å²) in [5, 5.41) is 20.4. The van der Waals surface area contributed by atoms with Crippen LogP contribution in [-0.2, 0) is 27.3 Å². The van der Waals surface area contributed by atoms with Crippen molar-refractivity contribution in [3.05, 3.63) is 11.6 Å². The van der Waals surface area contributed by atoms with Crippen LogP contribution >= 0.6 is 57.5 Å². The number of ether oxygens (including phenoxy) is 1. The molecule has 0 aromatic carbocycles. The van der Waals surface area contributed by atoms with Crippen LogP contribution in [0, 0.1) is 0 Å². The zero-order valence-corrected chi connectivity index (χ0v) is 33.0. The minimum Gasteiger partial charge on any atom is -0.808 e. The van der Waals surface area contributed by atoms with Crippen molar-refractivity contribution in [1.29, 1.82) is 0 Å². The molecule has 3 heterocycles. The smallest absolute Gasteiger partial charge is 0.808 e. The Labute approximate surface area is 319 Å². The number of hydrogen-bond acceptors (Lipinski definition) is 15. The van der Waals surface area contributed by atoms with Gasteiger partial charge in [-0.15, -0.1) is 0 Å². The van der Waals surface area contributed by atoms with E-state index in [4.69, 9.17) is 52.8 Å². The molecule has 1 aliphatic heterocycles. The second-order valence-electron chi connectivity index (χ2n) is 6.67. The zero-order chi connectivity index (χ0) is 25.9. The fourth-order valence-corrected chi connectivity index (χ4v) is 7.13. The van der Waals surface area contributed by atoms with Gasteiger partial charge in [-0.2, -0.15) is 9.97 Å². The fraction of sp³-hybridized carbons (Fsp3) is 0.545. The topological polar surface area (TPSA) is 258 Å². The van der Waals surface area contributed by atoms with E-state index in [1.165, 1.54) is 0 Å². The summed E-state index contributed by atoms with van der Waals surface area (Å²) < 4.78 is 46.2. The van der Waals surface area contributed by atoms with Crippen LogP contribution in [0.3, 0.4) is 0 Å². The Balaban J connectivity index is 0. The first kappa shape index (κ1) is 43.8. The number of hydrogen-bond donors (Lipinski definition) is 3. The predicted octanol–water partition coefficient (Wildman–Crippen LogP) is -13.4. The number of anilines is 1. The van der Waals surface area contributed by atoms with Crippen molar-refractivity contribution in [1.82, 2.24) is 19.5 Å². The van der Waals surface area contributed by atoms with E-state index in [-0.39, 0.29) is 140 Å². The van der Waals surface area contributed by atoms with E-state index in [2.05, 4.69) is 23.8 Å². The maximum absolute atomic E-state index is 12.2. The molecule has 1 saturated heterocycles. The molecule has 6 atom stereocenters. The van der Waals surface area contributed by atoms with E-state index in [1.807, 2.05) is 0 Å². The van der Waals surface area contributed by atoms with E-state index in [0.717, 1.165) is 10.9 Å². The van der Waals surface area contributed by atoms with Crippen molar-refractivity contribution in [2.24, 2.45) is 0 Å². The van der Waals surface area contributed by atoms with Gasteiger partial charge in [0.2, 0.25) is 9.10 Å². The maximum atomic E-state index is 12.2. The number of aliphatic hydroxyl groups excluding tert-OH is 2. The number of nitrogens with zero attached hydrogens (tertiary/aromatic N) is 4. The first-order chi connectivity index (χ1) is 15.4.